The van der Waals surface area contributed by atoms with Crippen molar-refractivity contribution in [3.63, 3.8) is 0 Å². The van der Waals surface area contributed by atoms with E-state index in [1.165, 1.54) is 98.7 Å². The van der Waals surface area contributed by atoms with E-state index in [-0.39, 0.29) is 5.41 Å². The third kappa shape index (κ3) is 4.91. The van der Waals surface area contributed by atoms with Crippen LogP contribution in [0.2, 0.25) is 0 Å². The lowest BCUT2D eigenvalue weighted by atomic mass is 9.79. The molecule has 12 aromatic rings. The predicted octanol–water partition coefficient (Wildman–Crippen LogP) is 17.2. The van der Waals surface area contributed by atoms with Crippen LogP contribution in [0.25, 0.3) is 121 Å². The van der Waals surface area contributed by atoms with Crippen molar-refractivity contribution in [3.05, 3.63) is 217 Å². The van der Waals surface area contributed by atoms with Crippen molar-refractivity contribution in [2.24, 2.45) is 0 Å². The Bertz CT molecular complexity index is 3780. The second kappa shape index (κ2) is 13.1. The highest BCUT2D eigenvalue weighted by Gasteiger charge is 2.39. The summed E-state index contributed by atoms with van der Waals surface area (Å²) in [6.07, 6.45) is 0. The van der Waals surface area contributed by atoms with Crippen molar-refractivity contribution in [1.82, 2.24) is 0 Å². The van der Waals surface area contributed by atoms with Crippen LogP contribution < -0.4 is 0 Å². The molecule has 0 unspecified atom stereocenters. The van der Waals surface area contributed by atoms with E-state index in [4.69, 9.17) is 4.42 Å². The molecule has 0 saturated heterocycles. The normalized spacial score (nSPS) is 13.1. The first-order chi connectivity index (χ1) is 30.5. The van der Waals surface area contributed by atoms with Gasteiger partial charge in [0.2, 0.25) is 0 Å². The van der Waals surface area contributed by atoms with Crippen molar-refractivity contribution < 1.29 is 4.42 Å². The van der Waals surface area contributed by atoms with Crippen LogP contribution in [-0.2, 0) is 5.41 Å². The number of furan rings is 1. The average Bonchev–Trinajstić information content (AvgIpc) is 3.83. The topological polar surface area (TPSA) is 13.1 Å². The molecule has 0 atom stereocenters. The van der Waals surface area contributed by atoms with Gasteiger partial charge in [0, 0.05) is 21.8 Å². The van der Waals surface area contributed by atoms with E-state index < -0.39 is 0 Å². The summed E-state index contributed by atoms with van der Waals surface area (Å²) in [6.45, 7) is 4.82. The van der Waals surface area contributed by atoms with Gasteiger partial charge in [-0.15, -0.1) is 0 Å². The zero-order chi connectivity index (χ0) is 41.1. The van der Waals surface area contributed by atoms with Crippen molar-refractivity contribution in [2.45, 2.75) is 19.3 Å². The molecule has 1 heteroatoms. The number of benzene rings is 11. The first-order valence-corrected chi connectivity index (χ1v) is 21.7. The summed E-state index contributed by atoms with van der Waals surface area (Å²) in [5.74, 6) is 0. The summed E-state index contributed by atoms with van der Waals surface area (Å²) in [5, 5.41) is 12.5. The van der Waals surface area contributed by atoms with E-state index in [0.717, 1.165) is 33.1 Å². The van der Waals surface area contributed by atoms with Crippen LogP contribution in [0.5, 0.6) is 0 Å². The Morgan fingerprint density at radius 2 is 0.726 bits per heavy atom. The first-order valence-electron chi connectivity index (χ1n) is 21.7. The molecule has 1 nitrogen and oxygen atoms in total. The van der Waals surface area contributed by atoms with Gasteiger partial charge in [0.1, 0.15) is 11.2 Å². The Morgan fingerprint density at radius 3 is 1.34 bits per heavy atom. The molecule has 0 saturated carbocycles. The maximum absolute atomic E-state index is 6.52. The molecule has 0 amide bonds. The maximum atomic E-state index is 6.52. The lowest BCUT2D eigenvalue weighted by Gasteiger charge is -2.24. The van der Waals surface area contributed by atoms with E-state index in [9.17, 15) is 0 Å². The van der Waals surface area contributed by atoms with Gasteiger partial charge in [-0.25, -0.2) is 0 Å². The Hall–Kier alpha value is -7.74. The molecule has 1 heterocycles. The van der Waals surface area contributed by atoms with Gasteiger partial charge in [0.25, 0.3) is 0 Å². The molecule has 0 radical (unpaired) electrons. The van der Waals surface area contributed by atoms with E-state index >= 15 is 0 Å². The smallest absolute Gasteiger partial charge is 0.143 e. The summed E-state index contributed by atoms with van der Waals surface area (Å²) >= 11 is 0. The van der Waals surface area contributed by atoms with Gasteiger partial charge in [0.05, 0.1) is 0 Å². The third-order valence-corrected chi connectivity index (χ3v) is 13.8. The summed E-state index contributed by atoms with van der Waals surface area (Å²) in [4.78, 5) is 0. The minimum absolute atomic E-state index is 0.167. The maximum Gasteiger partial charge on any atom is 0.143 e. The fourth-order valence-corrected chi connectivity index (χ4v) is 11.2. The summed E-state index contributed by atoms with van der Waals surface area (Å²) < 4.78 is 6.52. The van der Waals surface area contributed by atoms with Gasteiger partial charge in [-0.3, -0.25) is 0 Å². The van der Waals surface area contributed by atoms with Gasteiger partial charge in [-0.1, -0.05) is 202 Å². The summed E-state index contributed by atoms with van der Waals surface area (Å²) in [5.41, 5.74) is 16.9. The fraction of sp³-hybridized carbons (Fsp3) is 0.0492. The molecule has 1 aliphatic carbocycles. The Kier molecular flexibility index (Phi) is 7.42. The lowest BCUT2D eigenvalue weighted by Crippen LogP contribution is -2.15. The van der Waals surface area contributed by atoms with Gasteiger partial charge in [-0.05, 0) is 122 Å². The molecule has 0 aliphatic heterocycles. The highest BCUT2D eigenvalue weighted by Crippen LogP contribution is 2.57. The second-order valence-corrected chi connectivity index (χ2v) is 17.5. The van der Waals surface area contributed by atoms with Crippen LogP contribution in [-0.4, -0.2) is 0 Å². The van der Waals surface area contributed by atoms with Crippen LogP contribution >= 0.6 is 0 Å². The van der Waals surface area contributed by atoms with Gasteiger partial charge >= 0.3 is 0 Å². The molecule has 1 aliphatic rings. The molecule has 62 heavy (non-hydrogen) atoms. The summed E-state index contributed by atoms with van der Waals surface area (Å²) in [6, 6.07) is 76.0. The van der Waals surface area contributed by atoms with E-state index in [1.54, 1.807) is 0 Å². The van der Waals surface area contributed by atoms with Crippen LogP contribution in [0, 0.1) is 0 Å². The van der Waals surface area contributed by atoms with Crippen molar-refractivity contribution in [1.29, 1.82) is 0 Å². The molecule has 0 fully saturated rings. The van der Waals surface area contributed by atoms with Crippen LogP contribution in [0.1, 0.15) is 25.0 Å². The van der Waals surface area contributed by atoms with Crippen LogP contribution in [0.15, 0.2) is 211 Å². The number of para-hydroxylation sites is 2. The highest BCUT2D eigenvalue weighted by atomic mass is 16.3. The average molecular weight is 789 g/mol. The first kappa shape index (κ1) is 35.1. The fourth-order valence-electron chi connectivity index (χ4n) is 11.2. The van der Waals surface area contributed by atoms with E-state index in [2.05, 4.69) is 214 Å². The van der Waals surface area contributed by atoms with Gasteiger partial charge in [0.15, 0.2) is 0 Å². The zero-order valence-corrected chi connectivity index (χ0v) is 34.5. The number of hydrogen-bond donors (Lipinski definition) is 0. The van der Waals surface area contributed by atoms with Crippen molar-refractivity contribution >= 4 is 65.0 Å². The minimum atomic E-state index is -0.167. The number of fused-ring (bicyclic) bond motifs is 13. The SMILES string of the molecule is CC1(C)c2cccc(-c3cccc(-c4c5ccccc5c(-c5cccc(-c6cccc7c6oc6ccccc67)c5)c5ccccc45)c3)c2-c2c1c1ccccc1c1ccccc21. The van der Waals surface area contributed by atoms with E-state index in [0.29, 0.717) is 0 Å². The minimum Gasteiger partial charge on any atom is -0.455 e. The monoisotopic (exact) mass is 788 g/mol. The third-order valence-electron chi connectivity index (χ3n) is 13.8. The largest absolute Gasteiger partial charge is 0.455 e. The molecular formula is C61H40O. The molecule has 0 bridgehead atoms. The Balaban J connectivity index is 1.01. The lowest BCUT2D eigenvalue weighted by molar-refractivity contribution is 0.666. The molecule has 0 N–H and O–H groups in total. The van der Waals surface area contributed by atoms with E-state index in [1.807, 2.05) is 6.07 Å². The Morgan fingerprint density at radius 1 is 0.306 bits per heavy atom. The number of hydrogen-bond acceptors (Lipinski definition) is 1. The quantitative estimate of drug-likeness (QED) is 0.128. The van der Waals surface area contributed by atoms with Crippen LogP contribution in [0.4, 0.5) is 0 Å². The molecule has 11 aromatic carbocycles. The molecule has 0 spiro atoms. The summed E-state index contributed by atoms with van der Waals surface area (Å²) in [7, 11) is 0. The highest BCUT2D eigenvalue weighted by molar-refractivity contribution is 6.23. The Labute approximate surface area is 360 Å². The molecule has 13 rings (SSSR count). The van der Waals surface area contributed by atoms with Crippen molar-refractivity contribution in [3.8, 4) is 55.6 Å². The van der Waals surface area contributed by atoms with Crippen molar-refractivity contribution in [2.75, 3.05) is 0 Å². The predicted molar refractivity (Wildman–Crippen MR) is 263 cm³/mol. The number of rotatable bonds is 4. The zero-order valence-electron chi connectivity index (χ0n) is 34.5. The molecule has 1 aromatic heterocycles. The van der Waals surface area contributed by atoms with Crippen LogP contribution in [0.3, 0.4) is 0 Å². The molecular weight excluding hydrogens is 749 g/mol. The van der Waals surface area contributed by atoms with Gasteiger partial charge < -0.3 is 4.42 Å². The standard InChI is InChI=1S/C61H40O/c1-61(2)53-33-16-30-41(57(53)58-46-24-5-3-21-43(46)44-22-4-10-29-51(44)59(58)61)37-17-13-19-39(35-37)55-47-25-6-8-27-49(47)56(50-28-9-7-26-48(50)55)40-20-14-18-38(36-40)42-31-15-32-52-45-23-11-12-34-54(45)62-60(42)52/h3-36H,1-2H3. The molecule has 290 valence electrons. The second-order valence-electron chi connectivity index (χ2n) is 17.5. The van der Waals surface area contributed by atoms with Gasteiger partial charge in [-0.2, -0.15) is 0 Å².